The standard InChI is InChI=1S/C7H12O6/c8-6(9)1-5-2-12-3-7(5,10)4-13-11/h5,10-11H,1-4H2,(H,8,9). The Balaban J connectivity index is 2.56. The van der Waals surface area contributed by atoms with Gasteiger partial charge in [0.2, 0.25) is 0 Å². The van der Waals surface area contributed by atoms with Gasteiger partial charge in [-0.1, -0.05) is 0 Å². The Bertz CT molecular complexity index is 193. The van der Waals surface area contributed by atoms with Crippen molar-refractivity contribution in [1.82, 2.24) is 0 Å². The molecule has 1 fully saturated rings. The Kier molecular flexibility index (Phi) is 3.21. The lowest BCUT2D eigenvalue weighted by Crippen LogP contribution is -2.42. The normalized spacial score (nSPS) is 33.5. The van der Waals surface area contributed by atoms with Crippen LogP contribution in [0.25, 0.3) is 0 Å². The van der Waals surface area contributed by atoms with Gasteiger partial charge >= 0.3 is 5.97 Å². The summed E-state index contributed by atoms with van der Waals surface area (Å²) in [4.78, 5) is 14.2. The quantitative estimate of drug-likeness (QED) is 0.403. The lowest BCUT2D eigenvalue weighted by Gasteiger charge is -2.24. The van der Waals surface area contributed by atoms with E-state index >= 15 is 0 Å². The predicted molar refractivity (Wildman–Crippen MR) is 40.1 cm³/mol. The Hall–Kier alpha value is -0.690. The number of carboxylic acids is 1. The maximum absolute atomic E-state index is 10.4. The van der Waals surface area contributed by atoms with Crippen molar-refractivity contribution in [3.8, 4) is 0 Å². The fourth-order valence-corrected chi connectivity index (χ4v) is 1.38. The molecule has 1 heterocycles. The molecule has 6 nitrogen and oxygen atoms in total. The molecule has 0 spiro atoms. The van der Waals surface area contributed by atoms with Gasteiger partial charge in [0.05, 0.1) is 19.6 Å². The van der Waals surface area contributed by atoms with Crippen LogP contribution in [0.5, 0.6) is 0 Å². The highest BCUT2D eigenvalue weighted by Gasteiger charge is 2.43. The van der Waals surface area contributed by atoms with Gasteiger partial charge in [-0.05, 0) is 0 Å². The molecule has 6 heteroatoms. The number of ether oxygens (including phenoxy) is 1. The smallest absolute Gasteiger partial charge is 0.303 e. The van der Waals surface area contributed by atoms with Crippen LogP contribution in [0.4, 0.5) is 0 Å². The van der Waals surface area contributed by atoms with Crippen molar-refractivity contribution in [3.63, 3.8) is 0 Å². The van der Waals surface area contributed by atoms with E-state index in [1.165, 1.54) is 0 Å². The van der Waals surface area contributed by atoms with Crippen LogP contribution in [0.3, 0.4) is 0 Å². The monoisotopic (exact) mass is 192 g/mol. The third-order valence-corrected chi connectivity index (χ3v) is 2.17. The molecule has 0 bridgehead atoms. The van der Waals surface area contributed by atoms with Gasteiger partial charge in [0.1, 0.15) is 12.2 Å². The lowest BCUT2D eigenvalue weighted by atomic mass is 9.89. The number of aliphatic hydroxyl groups is 1. The second-order valence-corrected chi connectivity index (χ2v) is 3.19. The largest absolute Gasteiger partial charge is 0.481 e. The zero-order chi connectivity index (χ0) is 9.90. The van der Waals surface area contributed by atoms with E-state index in [1.807, 2.05) is 0 Å². The summed E-state index contributed by atoms with van der Waals surface area (Å²) in [5.74, 6) is -1.54. The second-order valence-electron chi connectivity index (χ2n) is 3.19. The summed E-state index contributed by atoms with van der Waals surface area (Å²) in [6, 6.07) is 0. The molecule has 76 valence electrons. The minimum Gasteiger partial charge on any atom is -0.481 e. The number of carbonyl (C=O) groups is 1. The maximum Gasteiger partial charge on any atom is 0.303 e. The number of hydrogen-bond donors (Lipinski definition) is 3. The zero-order valence-electron chi connectivity index (χ0n) is 6.97. The predicted octanol–water partition coefficient (Wildman–Crippen LogP) is -0.672. The van der Waals surface area contributed by atoms with Crippen molar-refractivity contribution in [2.24, 2.45) is 5.92 Å². The van der Waals surface area contributed by atoms with E-state index in [-0.39, 0.29) is 26.2 Å². The molecule has 2 atom stereocenters. The fourth-order valence-electron chi connectivity index (χ4n) is 1.38. The van der Waals surface area contributed by atoms with E-state index in [1.54, 1.807) is 0 Å². The van der Waals surface area contributed by atoms with Crippen molar-refractivity contribution in [2.45, 2.75) is 12.0 Å². The van der Waals surface area contributed by atoms with Crippen molar-refractivity contribution in [2.75, 3.05) is 19.8 Å². The number of aliphatic carboxylic acids is 1. The molecule has 1 rings (SSSR count). The molecule has 1 aliphatic heterocycles. The first-order valence-electron chi connectivity index (χ1n) is 3.87. The molecule has 0 aromatic rings. The van der Waals surface area contributed by atoms with Crippen molar-refractivity contribution < 1.29 is 29.9 Å². The Morgan fingerprint density at radius 1 is 1.69 bits per heavy atom. The Morgan fingerprint density at radius 2 is 2.38 bits per heavy atom. The lowest BCUT2D eigenvalue weighted by molar-refractivity contribution is -0.276. The van der Waals surface area contributed by atoms with Gasteiger partial charge in [0, 0.05) is 5.92 Å². The molecule has 1 aliphatic rings. The molecule has 0 saturated carbocycles. The average Bonchev–Trinajstić information content (AvgIpc) is 2.32. The third kappa shape index (κ3) is 2.38. The van der Waals surface area contributed by atoms with Gasteiger partial charge in [-0.3, -0.25) is 10.1 Å². The maximum atomic E-state index is 10.4. The molecular weight excluding hydrogens is 180 g/mol. The number of carboxylic acid groups (broad SMARTS) is 1. The number of rotatable bonds is 4. The van der Waals surface area contributed by atoms with E-state index in [0.29, 0.717) is 0 Å². The van der Waals surface area contributed by atoms with Gasteiger partial charge in [-0.2, -0.15) is 0 Å². The summed E-state index contributed by atoms with van der Waals surface area (Å²) in [5, 5.41) is 26.4. The first-order chi connectivity index (χ1) is 6.08. The molecule has 1 saturated heterocycles. The third-order valence-electron chi connectivity index (χ3n) is 2.17. The highest BCUT2D eigenvalue weighted by atomic mass is 17.1. The molecule has 0 aliphatic carbocycles. The summed E-state index contributed by atoms with van der Waals surface area (Å²) in [7, 11) is 0. The minimum atomic E-state index is -1.38. The summed E-state index contributed by atoms with van der Waals surface area (Å²) >= 11 is 0. The Labute approximate surface area is 74.6 Å². The van der Waals surface area contributed by atoms with Crippen LogP contribution >= 0.6 is 0 Å². The average molecular weight is 192 g/mol. The van der Waals surface area contributed by atoms with E-state index in [2.05, 4.69) is 4.89 Å². The molecule has 0 aromatic carbocycles. The minimum absolute atomic E-state index is 0.00843. The summed E-state index contributed by atoms with van der Waals surface area (Å²) in [6.45, 7) is -0.164. The topological polar surface area (TPSA) is 96.2 Å². The molecule has 0 amide bonds. The molecule has 0 aromatic heterocycles. The van der Waals surface area contributed by atoms with Crippen LogP contribution in [0, 0.1) is 5.92 Å². The zero-order valence-corrected chi connectivity index (χ0v) is 6.97. The van der Waals surface area contributed by atoms with Crippen LogP contribution < -0.4 is 0 Å². The SMILES string of the molecule is O=C(O)CC1COCC1(O)COO. The molecule has 13 heavy (non-hydrogen) atoms. The summed E-state index contributed by atoms with van der Waals surface area (Å²) < 4.78 is 4.92. The van der Waals surface area contributed by atoms with Gasteiger partial charge < -0.3 is 14.9 Å². The molecular formula is C7H12O6. The summed E-state index contributed by atoms with van der Waals surface area (Å²) in [6.07, 6.45) is -0.195. The summed E-state index contributed by atoms with van der Waals surface area (Å²) in [5.41, 5.74) is -1.38. The van der Waals surface area contributed by atoms with Gasteiger partial charge in [0.25, 0.3) is 0 Å². The second kappa shape index (κ2) is 4.01. The molecule has 0 radical (unpaired) electrons. The van der Waals surface area contributed by atoms with Crippen molar-refractivity contribution in [3.05, 3.63) is 0 Å². The highest BCUT2D eigenvalue weighted by molar-refractivity contribution is 5.67. The fraction of sp³-hybridized carbons (Fsp3) is 0.857. The molecule has 3 N–H and O–H groups in total. The van der Waals surface area contributed by atoms with E-state index < -0.39 is 17.5 Å². The van der Waals surface area contributed by atoms with E-state index in [9.17, 15) is 9.90 Å². The van der Waals surface area contributed by atoms with E-state index in [0.717, 1.165) is 0 Å². The van der Waals surface area contributed by atoms with Crippen LogP contribution in [-0.2, 0) is 14.4 Å². The van der Waals surface area contributed by atoms with Gasteiger partial charge in [-0.15, -0.1) is 0 Å². The number of hydrogen-bond acceptors (Lipinski definition) is 5. The van der Waals surface area contributed by atoms with Crippen molar-refractivity contribution in [1.29, 1.82) is 0 Å². The van der Waals surface area contributed by atoms with Gasteiger partial charge in [0.15, 0.2) is 0 Å². The van der Waals surface area contributed by atoms with Crippen LogP contribution in [0.1, 0.15) is 6.42 Å². The van der Waals surface area contributed by atoms with Crippen LogP contribution in [0.15, 0.2) is 0 Å². The van der Waals surface area contributed by atoms with Crippen molar-refractivity contribution >= 4 is 5.97 Å². The van der Waals surface area contributed by atoms with E-state index in [4.69, 9.17) is 15.1 Å². The highest BCUT2D eigenvalue weighted by Crippen LogP contribution is 2.28. The Morgan fingerprint density at radius 3 is 2.92 bits per heavy atom. The van der Waals surface area contributed by atoms with Crippen LogP contribution in [0.2, 0.25) is 0 Å². The first-order valence-corrected chi connectivity index (χ1v) is 3.87. The van der Waals surface area contributed by atoms with Gasteiger partial charge in [-0.25, -0.2) is 4.89 Å². The van der Waals surface area contributed by atoms with Crippen LogP contribution in [-0.4, -0.2) is 46.9 Å². The first kappa shape index (κ1) is 10.4. The molecule has 2 unspecified atom stereocenters.